The summed E-state index contributed by atoms with van der Waals surface area (Å²) in [5, 5.41) is 14.9. The van der Waals surface area contributed by atoms with Crippen molar-refractivity contribution < 1.29 is 14.5 Å². The number of ether oxygens (including phenoxy) is 1. The van der Waals surface area contributed by atoms with Gasteiger partial charge < -0.3 is 10.1 Å². The van der Waals surface area contributed by atoms with Crippen molar-refractivity contribution in [3.63, 3.8) is 0 Å². The van der Waals surface area contributed by atoms with Crippen LogP contribution in [0.3, 0.4) is 0 Å². The summed E-state index contributed by atoms with van der Waals surface area (Å²) in [4.78, 5) is 25.8. The molecule has 1 atom stereocenters. The summed E-state index contributed by atoms with van der Waals surface area (Å²) in [5.74, 6) is -0.472. The first-order chi connectivity index (χ1) is 13.5. The van der Waals surface area contributed by atoms with Crippen LogP contribution in [0.1, 0.15) is 27.5 Å². The van der Waals surface area contributed by atoms with Crippen LogP contribution in [0.25, 0.3) is 0 Å². The van der Waals surface area contributed by atoms with Crippen molar-refractivity contribution in [2.75, 3.05) is 32.8 Å². The highest BCUT2D eigenvalue weighted by atomic mass is 35.5. The van der Waals surface area contributed by atoms with E-state index < -0.39 is 10.8 Å². The minimum absolute atomic E-state index is 0.0601. The van der Waals surface area contributed by atoms with Crippen LogP contribution in [0.2, 0.25) is 5.02 Å². The Hall–Kier alpha value is -2.48. The molecule has 1 fully saturated rings. The fourth-order valence-electron chi connectivity index (χ4n) is 3.44. The van der Waals surface area contributed by atoms with Gasteiger partial charge in [-0.3, -0.25) is 19.8 Å². The molecule has 0 radical (unpaired) electrons. The van der Waals surface area contributed by atoms with E-state index in [1.807, 2.05) is 24.3 Å². The molecule has 3 rings (SSSR count). The maximum Gasteiger partial charge on any atom is 0.285 e. The van der Waals surface area contributed by atoms with Gasteiger partial charge >= 0.3 is 0 Å². The molecule has 0 aromatic heterocycles. The van der Waals surface area contributed by atoms with E-state index in [4.69, 9.17) is 16.3 Å². The van der Waals surface area contributed by atoms with Gasteiger partial charge in [0, 0.05) is 30.2 Å². The zero-order valence-electron chi connectivity index (χ0n) is 15.6. The number of nitro groups is 1. The highest BCUT2D eigenvalue weighted by molar-refractivity contribution is 6.31. The molecule has 1 aliphatic rings. The van der Waals surface area contributed by atoms with Gasteiger partial charge in [0.05, 0.1) is 24.2 Å². The van der Waals surface area contributed by atoms with Crippen molar-refractivity contribution in [2.45, 2.75) is 13.0 Å². The summed E-state index contributed by atoms with van der Waals surface area (Å²) in [5.41, 5.74) is 1.25. The number of carbonyl (C=O) groups excluding carboxylic acids is 1. The maximum atomic E-state index is 12.7. The molecule has 2 aromatic rings. The Bertz CT molecular complexity index is 868. The van der Waals surface area contributed by atoms with Crippen LogP contribution >= 0.6 is 11.6 Å². The Morgan fingerprint density at radius 1 is 1.25 bits per heavy atom. The Morgan fingerprint density at radius 2 is 1.96 bits per heavy atom. The van der Waals surface area contributed by atoms with Crippen molar-refractivity contribution in [1.82, 2.24) is 10.2 Å². The van der Waals surface area contributed by atoms with Gasteiger partial charge in [-0.25, -0.2) is 0 Å². The topological polar surface area (TPSA) is 84.7 Å². The molecule has 8 heteroatoms. The van der Waals surface area contributed by atoms with E-state index in [0.717, 1.165) is 18.7 Å². The molecular weight excluding hydrogens is 382 g/mol. The monoisotopic (exact) mass is 403 g/mol. The number of amides is 1. The van der Waals surface area contributed by atoms with Crippen molar-refractivity contribution in [3.8, 4) is 0 Å². The molecule has 7 nitrogen and oxygen atoms in total. The second kappa shape index (κ2) is 9.14. The lowest BCUT2D eigenvalue weighted by molar-refractivity contribution is -0.385. The van der Waals surface area contributed by atoms with Gasteiger partial charge in [-0.2, -0.15) is 0 Å². The van der Waals surface area contributed by atoms with E-state index in [1.165, 1.54) is 6.07 Å². The van der Waals surface area contributed by atoms with E-state index >= 15 is 0 Å². The highest BCUT2D eigenvalue weighted by Crippen LogP contribution is 2.28. The molecule has 1 aliphatic heterocycles. The molecule has 0 spiro atoms. The van der Waals surface area contributed by atoms with Gasteiger partial charge in [-0.05, 0) is 24.6 Å². The summed E-state index contributed by atoms with van der Waals surface area (Å²) < 4.78 is 5.43. The molecule has 28 heavy (non-hydrogen) atoms. The fraction of sp³-hybridized carbons (Fsp3) is 0.350. The summed E-state index contributed by atoms with van der Waals surface area (Å²) in [6.07, 6.45) is 0. The molecule has 1 N–H and O–H groups in total. The van der Waals surface area contributed by atoms with Crippen LogP contribution in [0, 0.1) is 17.0 Å². The number of nitro benzene ring substituents is 1. The molecular formula is C20H22ClN3O4. The number of nitrogens with zero attached hydrogens (tertiary/aromatic N) is 2. The smallest absolute Gasteiger partial charge is 0.285 e. The summed E-state index contributed by atoms with van der Waals surface area (Å²) in [6, 6.07) is 12.1. The lowest BCUT2D eigenvalue weighted by Crippen LogP contribution is -2.44. The quantitative estimate of drug-likeness (QED) is 0.590. The third-order valence-corrected chi connectivity index (χ3v) is 5.22. The maximum absolute atomic E-state index is 12.7. The fourth-order valence-corrected chi connectivity index (χ4v) is 3.70. The minimum atomic E-state index is -0.516. The number of hydrogen-bond acceptors (Lipinski definition) is 5. The van der Waals surface area contributed by atoms with E-state index in [9.17, 15) is 14.9 Å². The van der Waals surface area contributed by atoms with Crippen molar-refractivity contribution in [2.24, 2.45) is 0 Å². The third kappa shape index (κ3) is 4.49. The molecule has 0 bridgehead atoms. The number of rotatable bonds is 6. The summed E-state index contributed by atoms with van der Waals surface area (Å²) in [7, 11) is 0. The molecule has 0 aliphatic carbocycles. The highest BCUT2D eigenvalue weighted by Gasteiger charge is 2.27. The van der Waals surface area contributed by atoms with Crippen molar-refractivity contribution >= 4 is 23.2 Å². The number of nitrogens with one attached hydrogen (secondary N) is 1. The largest absolute Gasteiger partial charge is 0.379 e. The molecule has 1 saturated heterocycles. The molecule has 148 valence electrons. The minimum Gasteiger partial charge on any atom is -0.379 e. The average molecular weight is 404 g/mol. The molecule has 1 heterocycles. The van der Waals surface area contributed by atoms with Crippen LogP contribution in [0.15, 0.2) is 42.5 Å². The Labute approximate surface area is 168 Å². The zero-order valence-corrected chi connectivity index (χ0v) is 16.3. The second-order valence-electron chi connectivity index (χ2n) is 6.62. The average Bonchev–Trinajstić information content (AvgIpc) is 2.69. The molecule has 2 aromatic carbocycles. The van der Waals surface area contributed by atoms with E-state index in [-0.39, 0.29) is 23.8 Å². The normalized spacial score (nSPS) is 15.8. The van der Waals surface area contributed by atoms with Crippen LogP contribution in [0.4, 0.5) is 5.69 Å². The van der Waals surface area contributed by atoms with Crippen LogP contribution in [-0.2, 0) is 4.74 Å². The van der Waals surface area contributed by atoms with Gasteiger partial charge in [0.1, 0.15) is 5.56 Å². The Morgan fingerprint density at radius 3 is 2.64 bits per heavy atom. The van der Waals surface area contributed by atoms with Crippen LogP contribution in [-0.4, -0.2) is 48.6 Å². The number of carbonyl (C=O) groups is 1. The first-order valence-corrected chi connectivity index (χ1v) is 9.45. The van der Waals surface area contributed by atoms with Crippen LogP contribution in [0.5, 0.6) is 0 Å². The lowest BCUT2D eigenvalue weighted by Gasteiger charge is -2.35. The SMILES string of the molecule is Cc1cccc(C(=O)NC[C@@H](c2ccccc2Cl)N2CCOCC2)c1[N+](=O)[O-]. The van der Waals surface area contributed by atoms with Crippen molar-refractivity contribution in [3.05, 3.63) is 74.3 Å². The molecule has 0 unspecified atom stereocenters. The van der Waals surface area contributed by atoms with Gasteiger partial charge in [-0.1, -0.05) is 41.9 Å². The summed E-state index contributed by atoms with van der Waals surface area (Å²) in [6.45, 7) is 4.56. The van der Waals surface area contributed by atoms with Crippen molar-refractivity contribution in [1.29, 1.82) is 0 Å². The molecule has 0 saturated carbocycles. The summed E-state index contributed by atoms with van der Waals surface area (Å²) >= 11 is 6.40. The van der Waals surface area contributed by atoms with Gasteiger partial charge in [0.2, 0.25) is 0 Å². The first-order valence-electron chi connectivity index (χ1n) is 9.07. The van der Waals surface area contributed by atoms with E-state index in [1.54, 1.807) is 19.1 Å². The lowest BCUT2D eigenvalue weighted by atomic mass is 10.0. The number of benzene rings is 2. The molecule has 1 amide bonds. The Kier molecular flexibility index (Phi) is 6.61. The predicted octanol–water partition coefficient (Wildman–Crippen LogP) is 3.36. The zero-order chi connectivity index (χ0) is 20.1. The third-order valence-electron chi connectivity index (χ3n) is 4.87. The van der Waals surface area contributed by atoms with Gasteiger partial charge in [0.25, 0.3) is 11.6 Å². The number of para-hydroxylation sites is 1. The van der Waals surface area contributed by atoms with E-state index in [2.05, 4.69) is 10.2 Å². The predicted molar refractivity (Wildman–Crippen MR) is 107 cm³/mol. The standard InChI is InChI=1S/C20H22ClN3O4/c1-14-5-4-7-16(19(14)24(26)27)20(25)22-13-18(23-9-11-28-12-10-23)15-6-2-3-8-17(15)21/h2-8,18H,9-13H2,1H3,(H,22,25)/t18-/m0/s1. The number of hydrogen-bond donors (Lipinski definition) is 1. The van der Waals surface area contributed by atoms with Crippen LogP contribution < -0.4 is 5.32 Å². The van der Waals surface area contributed by atoms with E-state index in [0.29, 0.717) is 23.8 Å². The number of morpholine rings is 1. The van der Waals surface area contributed by atoms with Gasteiger partial charge in [-0.15, -0.1) is 0 Å². The first kappa shape index (κ1) is 20.3. The number of halogens is 1. The number of aryl methyl sites for hydroxylation is 1. The Balaban J connectivity index is 1.82. The van der Waals surface area contributed by atoms with Gasteiger partial charge in [0.15, 0.2) is 0 Å². The second-order valence-corrected chi connectivity index (χ2v) is 7.03.